The number of nitrogens with two attached hydrogens (primary N) is 1. The third-order valence-electron chi connectivity index (χ3n) is 7.62. The first-order chi connectivity index (χ1) is 25.6. The van der Waals surface area contributed by atoms with Crippen molar-refractivity contribution in [2.45, 2.75) is 100 Å². The summed E-state index contributed by atoms with van der Waals surface area (Å²) in [6, 6.07) is -10.3. The lowest BCUT2D eigenvalue weighted by Gasteiger charge is -2.42. The lowest BCUT2D eigenvalue weighted by atomic mass is 9.97. The van der Waals surface area contributed by atoms with Crippen LogP contribution >= 0.6 is 0 Å². The van der Waals surface area contributed by atoms with Crippen molar-refractivity contribution in [1.29, 1.82) is 0 Å². The van der Waals surface area contributed by atoms with E-state index in [2.05, 4.69) is 10.6 Å². The SMILES string of the molecule is CC(=O)N[C@H]1[C@@H](OC[C@H](N)C(=O)N[C@@H](CO)C(=O)NCC(=O)N[C@@H](CC(=O)O)C(=O)N[C@@H](CCC(=O)O)C(=O)N[C@H](C(=O)O)[C@@H](C)O)O[C@H](CO)[C@H](O)[C@@H]1O. The topological polar surface area (TPSA) is 432 Å². The fraction of sp³-hybridized carbons (Fsp3) is 0.690. The van der Waals surface area contributed by atoms with Crippen LogP contribution in [0, 0.1) is 0 Å². The molecule has 26 heteroatoms. The van der Waals surface area contributed by atoms with Gasteiger partial charge in [0.1, 0.15) is 48.5 Å². The maximum absolute atomic E-state index is 13.0. The summed E-state index contributed by atoms with van der Waals surface area (Å²) in [5, 5.41) is 89.0. The van der Waals surface area contributed by atoms with Gasteiger partial charge < -0.3 is 88.0 Å². The first-order valence-electron chi connectivity index (χ1n) is 16.3. The number of hydrogen-bond acceptors (Lipinski definition) is 17. The van der Waals surface area contributed by atoms with Gasteiger partial charge in [0.05, 0.1) is 38.9 Å². The average Bonchev–Trinajstić information content (AvgIpc) is 3.10. The van der Waals surface area contributed by atoms with Crippen LogP contribution in [0.2, 0.25) is 0 Å². The van der Waals surface area contributed by atoms with Gasteiger partial charge in [-0.2, -0.15) is 0 Å². The van der Waals surface area contributed by atoms with Crippen molar-refractivity contribution < 1.29 is 93.5 Å². The standard InChI is InChI=1S/C29H47N7O19/c1-10(39)20(28(52)53)36-26(50)13(3-4-18(42)43)34-27(51)14(5-19(44)45)33-17(41)6-31-25(49)15(7-37)35-24(48)12(30)9-54-29-21(32-11(2)40)23(47)22(46)16(8-38)55-29/h10,12-16,20-23,29,37-39,46-47H,3-9,30H2,1-2H3,(H,31,49)(H,32,40)(H,33,41)(H,34,51)(H,35,48)(H,36,50)(H,42,43)(H,44,45)(H,52,53)/t10-,12+,13+,14+,15+,16-,20+,21-,22+,23-,29+/m1/s1. The monoisotopic (exact) mass is 797 g/mol. The Kier molecular flexibility index (Phi) is 20.0. The minimum atomic E-state index is -1.95. The van der Waals surface area contributed by atoms with Crippen molar-refractivity contribution in [3.05, 3.63) is 0 Å². The minimum absolute atomic E-state index is 0.629. The Hall–Kier alpha value is -5.09. The lowest BCUT2D eigenvalue weighted by Crippen LogP contribution is -2.65. The van der Waals surface area contributed by atoms with Crippen LogP contribution in [0.15, 0.2) is 0 Å². The Balaban J connectivity index is 2.89. The molecule has 0 aliphatic carbocycles. The highest BCUT2D eigenvalue weighted by molar-refractivity contribution is 5.96. The molecule has 1 aliphatic heterocycles. The molecule has 1 aliphatic rings. The van der Waals surface area contributed by atoms with Crippen LogP contribution in [0.3, 0.4) is 0 Å². The fourth-order valence-electron chi connectivity index (χ4n) is 4.73. The maximum Gasteiger partial charge on any atom is 0.328 e. The van der Waals surface area contributed by atoms with E-state index in [1.54, 1.807) is 0 Å². The van der Waals surface area contributed by atoms with Crippen LogP contribution in [-0.4, -0.2) is 188 Å². The summed E-state index contributed by atoms with van der Waals surface area (Å²) in [6.45, 7) is -1.36. The first-order valence-corrected chi connectivity index (χ1v) is 16.3. The van der Waals surface area contributed by atoms with Gasteiger partial charge in [0.25, 0.3) is 0 Å². The zero-order valence-electron chi connectivity index (χ0n) is 29.4. The fourth-order valence-corrected chi connectivity index (χ4v) is 4.73. The molecule has 1 saturated heterocycles. The van der Waals surface area contributed by atoms with Crippen LogP contribution in [0.5, 0.6) is 0 Å². The van der Waals surface area contributed by atoms with Crippen molar-refractivity contribution in [2.24, 2.45) is 5.73 Å². The molecule has 16 N–H and O–H groups in total. The number of ether oxygens (including phenoxy) is 2. The number of rotatable bonds is 23. The predicted molar refractivity (Wildman–Crippen MR) is 176 cm³/mol. The normalized spacial score (nSPS) is 22.6. The zero-order chi connectivity index (χ0) is 42.2. The lowest BCUT2D eigenvalue weighted by molar-refractivity contribution is -0.270. The molecule has 11 atom stereocenters. The molecular formula is C29H47N7O19. The maximum atomic E-state index is 13.0. The Labute approximate surface area is 311 Å². The molecule has 0 saturated carbocycles. The van der Waals surface area contributed by atoms with E-state index in [0.717, 1.165) is 13.8 Å². The van der Waals surface area contributed by atoms with E-state index in [9.17, 15) is 78.9 Å². The molecule has 26 nitrogen and oxygen atoms in total. The second kappa shape index (κ2) is 23.0. The van der Waals surface area contributed by atoms with Crippen LogP contribution < -0.4 is 37.6 Å². The number of hydrogen-bond donors (Lipinski definition) is 15. The first kappa shape index (κ1) is 47.9. The van der Waals surface area contributed by atoms with Gasteiger partial charge in [-0.3, -0.25) is 38.4 Å². The van der Waals surface area contributed by atoms with E-state index in [4.69, 9.17) is 20.3 Å². The smallest absolute Gasteiger partial charge is 0.328 e. The average molecular weight is 798 g/mol. The molecule has 0 aromatic rings. The van der Waals surface area contributed by atoms with Gasteiger partial charge in [-0.1, -0.05) is 0 Å². The van der Waals surface area contributed by atoms with E-state index < -0.39 is 166 Å². The number of nitrogens with one attached hydrogen (secondary N) is 6. The summed E-state index contributed by atoms with van der Waals surface area (Å²) in [5.74, 6) is -11.5. The van der Waals surface area contributed by atoms with Crippen molar-refractivity contribution in [2.75, 3.05) is 26.4 Å². The summed E-state index contributed by atoms with van der Waals surface area (Å²) in [4.78, 5) is 109. The van der Waals surface area contributed by atoms with Gasteiger partial charge >= 0.3 is 17.9 Å². The largest absolute Gasteiger partial charge is 0.481 e. The number of carbonyl (C=O) groups is 9. The Morgan fingerprint density at radius 1 is 0.800 bits per heavy atom. The van der Waals surface area contributed by atoms with E-state index in [1.165, 1.54) is 0 Å². The number of carboxylic acids is 3. The van der Waals surface area contributed by atoms with Gasteiger partial charge in [-0.25, -0.2) is 4.79 Å². The molecular weight excluding hydrogens is 750 g/mol. The summed E-state index contributed by atoms with van der Waals surface area (Å²) in [6.07, 6.45) is -10.2. The molecule has 0 bridgehead atoms. The van der Waals surface area contributed by atoms with Crippen molar-refractivity contribution in [3.63, 3.8) is 0 Å². The summed E-state index contributed by atoms with van der Waals surface area (Å²) in [5.41, 5.74) is 5.80. The van der Waals surface area contributed by atoms with Crippen LogP contribution in [-0.2, 0) is 52.6 Å². The summed E-state index contributed by atoms with van der Waals surface area (Å²) < 4.78 is 10.7. The predicted octanol–water partition coefficient (Wildman–Crippen LogP) is -8.87. The highest BCUT2D eigenvalue weighted by Crippen LogP contribution is 2.22. The molecule has 1 heterocycles. The Morgan fingerprint density at radius 3 is 1.91 bits per heavy atom. The van der Waals surface area contributed by atoms with Crippen LogP contribution in [0.4, 0.5) is 0 Å². The number of aliphatic hydroxyl groups is 5. The molecule has 0 unspecified atom stereocenters. The van der Waals surface area contributed by atoms with Gasteiger partial charge in [0, 0.05) is 13.3 Å². The molecule has 0 aromatic carbocycles. The second-order valence-corrected chi connectivity index (χ2v) is 12.1. The van der Waals surface area contributed by atoms with E-state index >= 15 is 0 Å². The molecule has 0 radical (unpaired) electrons. The van der Waals surface area contributed by atoms with Gasteiger partial charge in [0.2, 0.25) is 35.4 Å². The number of aliphatic carboxylic acids is 3. The number of amides is 6. The highest BCUT2D eigenvalue weighted by Gasteiger charge is 2.45. The summed E-state index contributed by atoms with van der Waals surface area (Å²) in [7, 11) is 0. The van der Waals surface area contributed by atoms with Gasteiger partial charge in [-0.15, -0.1) is 0 Å². The van der Waals surface area contributed by atoms with Crippen LogP contribution in [0.25, 0.3) is 0 Å². The highest BCUT2D eigenvalue weighted by atomic mass is 16.7. The molecule has 1 fully saturated rings. The Bertz CT molecular complexity index is 1400. The van der Waals surface area contributed by atoms with Crippen LogP contribution in [0.1, 0.15) is 33.1 Å². The number of carbonyl (C=O) groups excluding carboxylic acids is 6. The molecule has 0 aromatic heterocycles. The minimum Gasteiger partial charge on any atom is -0.481 e. The number of aliphatic hydroxyl groups excluding tert-OH is 5. The molecule has 312 valence electrons. The van der Waals surface area contributed by atoms with Crippen molar-refractivity contribution in [3.8, 4) is 0 Å². The van der Waals surface area contributed by atoms with E-state index in [-0.39, 0.29) is 0 Å². The quantitative estimate of drug-likeness (QED) is 0.0456. The third kappa shape index (κ3) is 16.0. The molecule has 1 rings (SSSR count). The van der Waals surface area contributed by atoms with Gasteiger partial charge in [0.15, 0.2) is 12.3 Å². The summed E-state index contributed by atoms with van der Waals surface area (Å²) >= 11 is 0. The molecule has 0 spiro atoms. The zero-order valence-corrected chi connectivity index (χ0v) is 29.4. The third-order valence-corrected chi connectivity index (χ3v) is 7.62. The van der Waals surface area contributed by atoms with Crippen molar-refractivity contribution >= 4 is 53.4 Å². The van der Waals surface area contributed by atoms with Gasteiger partial charge in [-0.05, 0) is 13.3 Å². The number of carboxylic acid groups (broad SMARTS) is 3. The molecule has 6 amide bonds. The molecule has 55 heavy (non-hydrogen) atoms. The Morgan fingerprint density at radius 2 is 1.40 bits per heavy atom. The van der Waals surface area contributed by atoms with E-state index in [0.29, 0.717) is 0 Å². The van der Waals surface area contributed by atoms with E-state index in [1.807, 2.05) is 21.3 Å². The second-order valence-electron chi connectivity index (χ2n) is 12.1. The van der Waals surface area contributed by atoms with Crippen molar-refractivity contribution in [1.82, 2.24) is 31.9 Å².